The summed E-state index contributed by atoms with van der Waals surface area (Å²) in [6.07, 6.45) is 10.4. The third kappa shape index (κ3) is 18.8. The van der Waals surface area contributed by atoms with E-state index in [0.29, 0.717) is 79.7 Å². The summed E-state index contributed by atoms with van der Waals surface area (Å²) >= 11 is 0. The van der Waals surface area contributed by atoms with Crippen molar-refractivity contribution in [3.63, 3.8) is 0 Å². The number of carbonyl (C=O) groups excluding carboxylic acids is 5. The Morgan fingerprint density at radius 3 is 2.27 bits per heavy atom. The second kappa shape index (κ2) is 32.9. The number of nitriles is 1. The molecule has 536 valence electrons. The van der Waals surface area contributed by atoms with Gasteiger partial charge in [0.05, 0.1) is 54.0 Å². The number of pyridine rings is 1. The highest BCUT2D eigenvalue weighted by Gasteiger charge is 2.45. The quantitative estimate of drug-likeness (QED) is 0.0120. The molecule has 6 aliphatic rings. The topological polar surface area (TPSA) is 400 Å². The van der Waals surface area contributed by atoms with Gasteiger partial charge in [0, 0.05) is 132 Å². The van der Waals surface area contributed by atoms with Crippen molar-refractivity contribution < 1.29 is 84.8 Å². The molecule has 0 spiro atoms. The van der Waals surface area contributed by atoms with E-state index in [1.54, 1.807) is 60.8 Å². The van der Waals surface area contributed by atoms with Crippen LogP contribution >= 0.6 is 15.6 Å². The molecule has 4 saturated heterocycles. The molecule has 5 fully saturated rings. The van der Waals surface area contributed by atoms with Crippen molar-refractivity contribution in [3.05, 3.63) is 108 Å². The number of nitrogens with one attached hydrogen (secondary N) is 2. The number of aliphatic hydroxyl groups excluding tert-OH is 1. The van der Waals surface area contributed by atoms with E-state index < -0.39 is 53.2 Å². The van der Waals surface area contributed by atoms with E-state index in [1.165, 1.54) is 17.1 Å². The Morgan fingerprint density at radius 2 is 1.54 bits per heavy atom. The third-order valence-electron chi connectivity index (χ3n) is 18.7. The summed E-state index contributed by atoms with van der Waals surface area (Å²) in [4.78, 5) is 97.9. The van der Waals surface area contributed by atoms with E-state index in [2.05, 4.69) is 56.1 Å². The molecule has 33 heteroatoms. The summed E-state index contributed by atoms with van der Waals surface area (Å²) < 4.78 is 69.8. The van der Waals surface area contributed by atoms with Crippen molar-refractivity contribution in [1.29, 1.82) is 5.26 Å². The van der Waals surface area contributed by atoms with Gasteiger partial charge in [0.15, 0.2) is 18.4 Å². The van der Waals surface area contributed by atoms with Crippen molar-refractivity contribution in [2.45, 2.75) is 146 Å². The maximum atomic E-state index is 14.2. The van der Waals surface area contributed by atoms with E-state index in [4.69, 9.17) is 38.3 Å². The molecule has 1 saturated carbocycles. The van der Waals surface area contributed by atoms with Gasteiger partial charge in [-0.3, -0.25) is 38.3 Å². The fourth-order valence-electron chi connectivity index (χ4n) is 13.5. The Balaban J connectivity index is 0.575. The molecule has 4 unspecified atom stereocenters. The van der Waals surface area contributed by atoms with Crippen LogP contribution in [-0.4, -0.2) is 194 Å². The maximum Gasteiger partial charge on any atom is 0.484 e. The van der Waals surface area contributed by atoms with Gasteiger partial charge in [0.1, 0.15) is 30.4 Å². The number of imide groups is 1. The minimum atomic E-state index is -5.24. The molecule has 11 rings (SSSR count). The molecule has 5 aromatic rings. The highest BCUT2D eigenvalue weighted by Crippen LogP contribution is 2.60. The van der Waals surface area contributed by atoms with Gasteiger partial charge in [-0.2, -0.15) is 9.57 Å². The number of hydrogen-bond donors (Lipinski definition) is 6. The fourth-order valence-corrected chi connectivity index (χ4v) is 15.5. The molecule has 2 aromatic carbocycles. The predicted molar refractivity (Wildman–Crippen MR) is 360 cm³/mol. The van der Waals surface area contributed by atoms with Crippen molar-refractivity contribution in [2.75, 3.05) is 87.9 Å². The number of fused-ring (bicyclic) bond motifs is 2. The highest BCUT2D eigenvalue weighted by molar-refractivity contribution is 7.61. The summed E-state index contributed by atoms with van der Waals surface area (Å²) in [5.74, 6) is -1.30. The summed E-state index contributed by atoms with van der Waals surface area (Å²) in [7, 11) is -10.4. The van der Waals surface area contributed by atoms with Crippen LogP contribution in [0.5, 0.6) is 17.5 Å². The van der Waals surface area contributed by atoms with Crippen LogP contribution in [0.25, 0.3) is 11.3 Å². The lowest BCUT2D eigenvalue weighted by Crippen LogP contribution is -2.54. The van der Waals surface area contributed by atoms with Gasteiger partial charge in [-0.05, 0) is 98.5 Å². The van der Waals surface area contributed by atoms with E-state index in [1.807, 2.05) is 39.0 Å². The Kier molecular flexibility index (Phi) is 24.0. The Hall–Kier alpha value is -8.40. The van der Waals surface area contributed by atoms with Gasteiger partial charge >= 0.3 is 15.6 Å². The predicted octanol–water partition coefficient (Wildman–Crippen LogP) is 6.08. The molecular weight excluding hydrogens is 1340 g/mol. The maximum absolute atomic E-state index is 14.2. The molecular formula is C67H85N13O18P2. The van der Waals surface area contributed by atoms with Crippen molar-refractivity contribution >= 4 is 62.4 Å². The number of piperidine rings is 1. The number of rotatable bonds is 33. The van der Waals surface area contributed by atoms with Crippen molar-refractivity contribution in [3.8, 4) is 34.8 Å². The molecule has 2 bridgehead atoms. The number of ether oxygens (including phenoxy) is 4. The van der Waals surface area contributed by atoms with Crippen LogP contribution in [-0.2, 0) is 51.2 Å². The molecule has 3 aromatic heterocycles. The number of amides is 5. The van der Waals surface area contributed by atoms with Crippen LogP contribution < -0.4 is 40.4 Å². The number of nitrogen functional groups attached to an aromatic ring is 1. The minimum Gasteiger partial charge on any atom is -0.474 e. The van der Waals surface area contributed by atoms with E-state index in [0.717, 1.165) is 67.8 Å². The number of phosphoric acid groups is 2. The fraction of sp³-hybridized carbons (Fsp3) is 0.522. The highest BCUT2D eigenvalue weighted by atomic mass is 31.3. The molecule has 0 radical (unpaired) electrons. The first-order chi connectivity index (χ1) is 48.0. The van der Waals surface area contributed by atoms with Crippen molar-refractivity contribution in [1.82, 2.24) is 45.7 Å². The van der Waals surface area contributed by atoms with Crippen LogP contribution in [0.1, 0.15) is 120 Å². The molecule has 5 amide bonds. The number of benzene rings is 2. The number of unbranched alkanes of at least 4 members (excludes halogenated alkanes) is 2. The Labute approximate surface area is 578 Å². The Bertz CT molecular complexity index is 3850. The summed E-state index contributed by atoms with van der Waals surface area (Å²) in [5.41, 5.74) is 10.3. The molecule has 1 aliphatic carbocycles. The van der Waals surface area contributed by atoms with Gasteiger partial charge in [0.25, 0.3) is 17.7 Å². The summed E-state index contributed by atoms with van der Waals surface area (Å²) in [6.45, 7) is 8.18. The number of aromatic nitrogens is 4. The second-order valence-electron chi connectivity index (χ2n) is 26.1. The van der Waals surface area contributed by atoms with Gasteiger partial charge in [-0.15, -0.1) is 10.2 Å². The van der Waals surface area contributed by atoms with Gasteiger partial charge in [-0.25, -0.2) is 18.6 Å². The lowest BCUT2D eigenvalue weighted by Gasteiger charge is -2.43. The first-order valence-corrected chi connectivity index (χ1v) is 36.8. The number of piperazine rings is 1. The van der Waals surface area contributed by atoms with Crippen LogP contribution in [0.15, 0.2) is 95.7 Å². The monoisotopic (exact) mass is 1420 g/mol. The zero-order chi connectivity index (χ0) is 70.7. The van der Waals surface area contributed by atoms with Crippen LogP contribution in [0.3, 0.4) is 0 Å². The molecule has 31 nitrogen and oxygen atoms in total. The number of aliphatic hydroxyl groups is 1. The average Bonchev–Trinajstić information content (AvgIpc) is 1.22. The van der Waals surface area contributed by atoms with Gasteiger partial charge < -0.3 is 69.4 Å². The molecule has 8 atom stereocenters. The molecule has 100 heavy (non-hydrogen) atoms. The van der Waals surface area contributed by atoms with E-state index in [-0.39, 0.29) is 116 Å². The van der Waals surface area contributed by atoms with Gasteiger partial charge in [0.2, 0.25) is 23.6 Å². The normalized spacial score (nSPS) is 22.6. The zero-order valence-corrected chi connectivity index (χ0v) is 57.7. The summed E-state index contributed by atoms with van der Waals surface area (Å²) in [6, 6.07) is 22.1. The SMILES string of the molecule is CC(C)[C@@H](C(=O)N1C[C@H](O)C[C@H]1C(=O)N[C@@H](C)c1ccc(C#N)cc1)c1cc(OCCN2CCC(OC3CC(Oc4cc(N5C6CCC5CN(c5cc(-c7ccccc7OCOP(=O)(O)OP(=O)(O)OCCNC(=O)CCCCCN7C(=O)C=CC7=O)nnc5N)C6)ccn4)C3)CC2)no1. The largest absolute Gasteiger partial charge is 0.484 e. The number of carbonyl (C=O) groups is 5. The number of phosphoric ester groups is 2. The first kappa shape index (κ1) is 72.8. The van der Waals surface area contributed by atoms with Crippen molar-refractivity contribution in [2.24, 2.45) is 5.92 Å². The van der Waals surface area contributed by atoms with Crippen LogP contribution in [0.2, 0.25) is 0 Å². The second-order valence-corrected chi connectivity index (χ2v) is 29.2. The summed E-state index contributed by atoms with van der Waals surface area (Å²) in [5, 5.41) is 38.1. The Morgan fingerprint density at radius 1 is 0.810 bits per heavy atom. The zero-order valence-electron chi connectivity index (χ0n) is 55.9. The number of anilines is 3. The van der Waals surface area contributed by atoms with Gasteiger partial charge in [-0.1, -0.05) is 44.5 Å². The molecule has 8 heterocycles. The van der Waals surface area contributed by atoms with Crippen LogP contribution in [0, 0.1) is 17.2 Å². The van der Waals surface area contributed by atoms with E-state index in [9.17, 15) is 53.3 Å². The number of likely N-dealkylation sites (tertiary alicyclic amines) is 2. The molecule has 5 aliphatic heterocycles. The number of nitrogens with two attached hydrogens (primary N) is 1. The standard InChI is InChI=1S/C67H85N13O18P2/c1-42(2)64(67(86)79-40-49(81)32-56(79)66(85)72-43(3)45-14-12-44(37-68)13-15-45)58-36-61(75-97-58)91-30-28-76-26-21-50(22-27-76)95-51-33-52(34-51)96-60-31-46(20-23-71-60)80-47-16-17-48(80)39-77(38-47)55-35-54(73-74-65(55)69)53-9-6-7-10-57(53)92-41-94-100(89,90)98-99(87,88)93-29-24-70-59(82)11-5-4-8-25-78-62(83)18-19-63(78)84/h6-7,9-10,12-15,18-20,23,31,35-36,42-43,47-52,56,64,81H,4-5,8,11,16-17,21-22,24-30,32-34,38-41H2,1-3H3,(H2,69,74)(H,70,82)(H,72,85)(H,87,88)(H,89,90)/t43-,47?,48?,49+,51?,52?,56-,64+/m0/s1. The number of β-amino-alcohol motifs (C(OH)–C–C–N with tert-alkyl or cyclic N) is 1. The third-order valence-corrected chi connectivity index (χ3v) is 21.3. The van der Waals surface area contributed by atoms with E-state index >= 15 is 0 Å². The number of nitrogens with zero attached hydrogens (tertiary/aromatic N) is 10. The smallest absolute Gasteiger partial charge is 0.474 e. The number of hydrogen-bond acceptors (Lipinski definition) is 25. The first-order valence-electron chi connectivity index (χ1n) is 33.8. The minimum absolute atomic E-state index is 0.00836. The lowest BCUT2D eigenvalue weighted by atomic mass is 9.91. The number of para-hydroxylation sites is 1. The lowest BCUT2D eigenvalue weighted by molar-refractivity contribution is -0.141. The average molecular weight is 1420 g/mol. The molecule has 7 N–H and O–H groups in total. The van der Waals surface area contributed by atoms with Crippen LogP contribution in [0.4, 0.5) is 17.2 Å².